The molecule has 0 saturated carbocycles. The van der Waals surface area contributed by atoms with Gasteiger partial charge in [0.2, 0.25) is 5.91 Å². The molecule has 3 rings (SSSR count). The summed E-state index contributed by atoms with van der Waals surface area (Å²) in [5.74, 6) is -0.151. The molecule has 0 aliphatic carbocycles. The topological polar surface area (TPSA) is 38.1 Å². The van der Waals surface area contributed by atoms with Gasteiger partial charge in [-0.25, -0.2) is 4.39 Å². The first-order chi connectivity index (χ1) is 13.7. The number of carbonyl (C=O) groups is 1. The van der Waals surface area contributed by atoms with E-state index in [9.17, 15) is 9.18 Å². The van der Waals surface area contributed by atoms with Gasteiger partial charge >= 0.3 is 0 Å². The second-order valence-corrected chi connectivity index (χ2v) is 9.07. The first-order valence-corrected chi connectivity index (χ1v) is 10.7. The molecule has 1 aliphatic heterocycles. The number of hydrogen-bond acceptors (Lipinski definition) is 3. The Morgan fingerprint density at radius 3 is 2.62 bits per heavy atom. The maximum Gasteiger partial charge on any atom is 0.244 e. The predicted molar refractivity (Wildman–Crippen MR) is 118 cm³/mol. The second kappa shape index (κ2) is 8.99. The molecule has 0 unspecified atom stereocenters. The lowest BCUT2D eigenvalue weighted by Crippen LogP contribution is -2.35. The van der Waals surface area contributed by atoms with Crippen LogP contribution >= 0.6 is 11.8 Å². The number of carbonyl (C=O) groups excluding carboxylic acids is 1. The Balaban J connectivity index is 1.69. The van der Waals surface area contributed by atoms with E-state index in [2.05, 4.69) is 18.6 Å². The lowest BCUT2D eigenvalue weighted by Gasteiger charge is -2.21. The quantitative estimate of drug-likeness (QED) is 0.652. The number of aromatic nitrogens is 2. The van der Waals surface area contributed by atoms with Crippen molar-refractivity contribution in [3.63, 3.8) is 0 Å². The molecule has 1 aromatic carbocycles. The van der Waals surface area contributed by atoms with Crippen molar-refractivity contribution in [1.82, 2.24) is 14.7 Å². The van der Waals surface area contributed by atoms with Crippen LogP contribution < -0.4 is 0 Å². The maximum absolute atomic E-state index is 13.5. The molecule has 0 radical (unpaired) electrons. The van der Waals surface area contributed by atoms with Crippen molar-refractivity contribution in [2.24, 2.45) is 0 Å². The minimum Gasteiger partial charge on any atom is -0.340 e. The molecule has 2 heterocycles. The lowest BCUT2D eigenvalue weighted by molar-refractivity contribution is -0.131. The van der Waals surface area contributed by atoms with Gasteiger partial charge < -0.3 is 4.90 Å². The molecule has 1 aliphatic rings. The van der Waals surface area contributed by atoms with Crippen LogP contribution in [0.1, 0.15) is 37.9 Å². The highest BCUT2D eigenvalue weighted by molar-refractivity contribution is 8.06. The number of thioether (sulfide) groups is 1. The number of aryl methyl sites for hydroxylation is 2. The van der Waals surface area contributed by atoms with E-state index in [0.29, 0.717) is 5.56 Å². The van der Waals surface area contributed by atoms with E-state index in [4.69, 9.17) is 0 Å². The molecule has 6 heteroatoms. The van der Waals surface area contributed by atoms with Crippen LogP contribution in [0.3, 0.4) is 0 Å². The monoisotopic (exact) mass is 413 g/mol. The van der Waals surface area contributed by atoms with Gasteiger partial charge in [0.05, 0.1) is 5.69 Å². The summed E-state index contributed by atoms with van der Waals surface area (Å²) in [6, 6.07) is 6.90. The van der Waals surface area contributed by atoms with Crippen LogP contribution in [-0.2, 0) is 11.3 Å². The van der Waals surface area contributed by atoms with Crippen molar-refractivity contribution in [2.45, 2.75) is 47.1 Å². The van der Waals surface area contributed by atoms with Crippen LogP contribution in [0, 0.1) is 19.7 Å². The number of hydrogen-bond donors (Lipinski definition) is 0. The van der Waals surface area contributed by atoms with E-state index in [1.807, 2.05) is 24.8 Å². The number of amides is 1. The van der Waals surface area contributed by atoms with Crippen LogP contribution in [0.25, 0.3) is 11.3 Å². The summed E-state index contributed by atoms with van der Waals surface area (Å²) in [7, 11) is 0. The summed E-state index contributed by atoms with van der Waals surface area (Å²) in [6.07, 6.45) is 1.76. The van der Waals surface area contributed by atoms with Gasteiger partial charge in [-0.3, -0.25) is 9.48 Å². The molecule has 0 fully saturated rings. The Morgan fingerprint density at radius 1 is 1.21 bits per heavy atom. The maximum atomic E-state index is 13.5. The van der Waals surface area contributed by atoms with Crippen LogP contribution in [-0.4, -0.2) is 33.7 Å². The molecule has 2 aromatic rings. The van der Waals surface area contributed by atoms with E-state index in [1.54, 1.807) is 35.5 Å². The van der Waals surface area contributed by atoms with E-state index in [0.717, 1.165) is 47.8 Å². The van der Waals surface area contributed by atoms with Crippen molar-refractivity contribution in [3.8, 4) is 11.3 Å². The van der Waals surface area contributed by atoms with Crippen molar-refractivity contribution >= 4 is 17.7 Å². The Hall–Kier alpha value is -2.34. The van der Waals surface area contributed by atoms with Gasteiger partial charge in [-0.1, -0.05) is 23.9 Å². The molecule has 0 spiro atoms. The molecular weight excluding hydrogens is 385 g/mol. The van der Waals surface area contributed by atoms with Gasteiger partial charge in [-0.2, -0.15) is 5.10 Å². The first-order valence-electron chi connectivity index (χ1n) is 9.85. The van der Waals surface area contributed by atoms with Crippen LogP contribution in [0.4, 0.5) is 4.39 Å². The first kappa shape index (κ1) is 21.4. The molecule has 1 aromatic heterocycles. The summed E-state index contributed by atoms with van der Waals surface area (Å²) >= 11 is 1.72. The largest absolute Gasteiger partial charge is 0.340 e. The number of allylic oxidation sites excluding steroid dienone is 1. The minimum absolute atomic E-state index is 0.0763. The van der Waals surface area contributed by atoms with Crippen molar-refractivity contribution in [2.75, 3.05) is 13.1 Å². The number of rotatable bonds is 5. The Morgan fingerprint density at radius 2 is 1.93 bits per heavy atom. The van der Waals surface area contributed by atoms with Crippen molar-refractivity contribution in [3.05, 3.63) is 63.3 Å². The average molecular weight is 414 g/mol. The Labute approximate surface area is 176 Å². The zero-order valence-corrected chi connectivity index (χ0v) is 18.4. The summed E-state index contributed by atoms with van der Waals surface area (Å²) < 4.78 is 15.3. The summed E-state index contributed by atoms with van der Waals surface area (Å²) in [6.45, 7) is 13.5. The fourth-order valence-corrected chi connectivity index (χ4v) is 4.34. The van der Waals surface area contributed by atoms with Crippen LogP contribution in [0.5, 0.6) is 0 Å². The van der Waals surface area contributed by atoms with E-state index >= 15 is 0 Å². The molecule has 1 amide bonds. The predicted octanol–water partition coefficient (Wildman–Crippen LogP) is 5.47. The average Bonchev–Trinajstić information content (AvgIpc) is 2.92. The molecule has 154 valence electrons. The highest BCUT2D eigenvalue weighted by Gasteiger charge is 2.20. The Kier molecular flexibility index (Phi) is 6.63. The van der Waals surface area contributed by atoms with E-state index < -0.39 is 0 Å². The standard InChI is InChI=1S/C23H28FN3OS/c1-15(2)29-22-9-11-26(10-8-16(22)3)23(28)14-27-18(5)13-21(25-27)19-6-7-20(24)17(4)12-19/h6-7,12-13H,1,8-11,14H2,2-5H3. The highest BCUT2D eigenvalue weighted by atomic mass is 32.2. The van der Waals surface area contributed by atoms with Crippen molar-refractivity contribution in [1.29, 1.82) is 0 Å². The van der Waals surface area contributed by atoms with Crippen LogP contribution in [0.2, 0.25) is 0 Å². The molecule has 0 atom stereocenters. The lowest BCUT2D eigenvalue weighted by atomic mass is 10.1. The van der Waals surface area contributed by atoms with Crippen molar-refractivity contribution < 1.29 is 9.18 Å². The van der Waals surface area contributed by atoms with Gasteiger partial charge in [0.15, 0.2) is 0 Å². The molecule has 0 saturated heterocycles. The minimum atomic E-state index is -0.227. The molecular formula is C23H28FN3OS. The van der Waals surface area contributed by atoms with Gasteiger partial charge in [-0.15, -0.1) is 0 Å². The van der Waals surface area contributed by atoms with Gasteiger partial charge in [0.1, 0.15) is 12.4 Å². The zero-order valence-electron chi connectivity index (χ0n) is 17.6. The smallest absolute Gasteiger partial charge is 0.244 e. The summed E-state index contributed by atoms with van der Waals surface area (Å²) in [5, 5.41) is 4.60. The second-order valence-electron chi connectivity index (χ2n) is 7.68. The van der Waals surface area contributed by atoms with E-state index in [1.165, 1.54) is 16.5 Å². The molecule has 29 heavy (non-hydrogen) atoms. The van der Waals surface area contributed by atoms with Gasteiger partial charge in [-0.05, 0) is 80.2 Å². The SMILES string of the molecule is C=C(C)SC1=C(C)CCN(C(=O)Cn2nc(-c3ccc(F)c(C)c3)cc2C)CC1. The normalized spacial score (nSPS) is 14.9. The molecule has 4 nitrogen and oxygen atoms in total. The number of benzene rings is 1. The van der Waals surface area contributed by atoms with E-state index in [-0.39, 0.29) is 18.3 Å². The Bertz CT molecular complexity index is 976. The fraction of sp³-hybridized carbons (Fsp3) is 0.391. The number of halogens is 1. The van der Waals surface area contributed by atoms with Gasteiger partial charge in [0, 0.05) is 24.3 Å². The summed E-state index contributed by atoms with van der Waals surface area (Å²) in [4.78, 5) is 17.3. The zero-order chi connectivity index (χ0) is 21.1. The summed E-state index contributed by atoms with van der Waals surface area (Å²) in [5.41, 5.74) is 4.46. The third-order valence-electron chi connectivity index (χ3n) is 5.21. The number of nitrogens with zero attached hydrogens (tertiary/aromatic N) is 3. The highest BCUT2D eigenvalue weighted by Crippen LogP contribution is 2.32. The third kappa shape index (κ3) is 5.18. The van der Waals surface area contributed by atoms with Gasteiger partial charge in [0.25, 0.3) is 0 Å². The van der Waals surface area contributed by atoms with Crippen LogP contribution in [0.15, 0.2) is 46.2 Å². The molecule has 0 N–H and O–H groups in total. The third-order valence-corrected chi connectivity index (χ3v) is 6.36. The fourth-order valence-electron chi connectivity index (χ4n) is 3.45. The molecule has 0 bridgehead atoms.